The maximum absolute atomic E-state index is 12.5. The summed E-state index contributed by atoms with van der Waals surface area (Å²) in [6, 6.07) is 4.20. The van der Waals surface area contributed by atoms with Crippen LogP contribution in [0.4, 0.5) is 13.2 Å². The van der Waals surface area contributed by atoms with Crippen molar-refractivity contribution in [1.82, 2.24) is 0 Å². The molecule has 0 aliphatic carbocycles. The normalized spacial score (nSPS) is 12.3. The minimum Gasteiger partial charge on any atom is -0.166 e. The zero-order valence-electron chi connectivity index (χ0n) is 7.27. The highest BCUT2D eigenvalue weighted by atomic mass is 32.1. The van der Waals surface area contributed by atoms with Crippen LogP contribution < -0.4 is 0 Å². The van der Waals surface area contributed by atoms with E-state index >= 15 is 0 Å². The molecule has 0 unspecified atom stereocenters. The van der Waals surface area contributed by atoms with E-state index in [1.54, 1.807) is 13.0 Å². The minimum atomic E-state index is -4.29. The number of halogens is 3. The molecule has 0 saturated carbocycles. The molecule has 14 heavy (non-hydrogen) atoms. The Labute approximate surface area is 83.0 Å². The summed E-state index contributed by atoms with van der Waals surface area (Å²) in [5.41, 5.74) is -0.598. The fourth-order valence-electron chi connectivity index (χ4n) is 1.37. The van der Waals surface area contributed by atoms with Gasteiger partial charge in [0, 0.05) is 10.3 Å². The topological polar surface area (TPSA) is 0 Å². The number of fused-ring (bicyclic) bond motifs is 1. The van der Waals surface area contributed by atoms with Gasteiger partial charge in [-0.05, 0) is 18.4 Å². The summed E-state index contributed by atoms with van der Waals surface area (Å²) in [6.45, 7) is 1.80. The van der Waals surface area contributed by atoms with Gasteiger partial charge in [0.25, 0.3) is 0 Å². The van der Waals surface area contributed by atoms with Crippen molar-refractivity contribution < 1.29 is 13.2 Å². The molecule has 1 aromatic carbocycles. The van der Waals surface area contributed by atoms with E-state index in [2.05, 4.69) is 5.38 Å². The number of rotatable bonds is 0. The first kappa shape index (κ1) is 9.52. The second kappa shape index (κ2) is 2.98. The zero-order valence-corrected chi connectivity index (χ0v) is 8.09. The molecule has 0 aliphatic heterocycles. The first-order valence-corrected chi connectivity index (χ1v) is 4.79. The van der Waals surface area contributed by atoms with Gasteiger partial charge in [-0.25, -0.2) is 0 Å². The van der Waals surface area contributed by atoms with Crippen molar-refractivity contribution in [2.45, 2.75) is 13.1 Å². The van der Waals surface area contributed by atoms with Gasteiger partial charge >= 0.3 is 6.18 Å². The second-order valence-corrected chi connectivity index (χ2v) is 4.01. The minimum absolute atomic E-state index is 0.183. The van der Waals surface area contributed by atoms with E-state index < -0.39 is 11.7 Å². The number of hydrogen-bond donors (Lipinski definition) is 0. The lowest BCUT2D eigenvalue weighted by molar-refractivity contribution is -0.136. The molecule has 1 heterocycles. The van der Waals surface area contributed by atoms with Gasteiger partial charge < -0.3 is 0 Å². The first-order valence-electron chi connectivity index (χ1n) is 3.97. The summed E-state index contributed by atoms with van der Waals surface area (Å²) >= 11 is 1.22. The Balaban J connectivity index is 2.79. The van der Waals surface area contributed by atoms with Gasteiger partial charge in [0.1, 0.15) is 0 Å². The summed E-state index contributed by atoms with van der Waals surface area (Å²) < 4.78 is 37.5. The van der Waals surface area contributed by atoms with Gasteiger partial charge in [-0.1, -0.05) is 12.1 Å². The van der Waals surface area contributed by atoms with E-state index in [-0.39, 0.29) is 5.39 Å². The third-order valence-electron chi connectivity index (χ3n) is 2.06. The van der Waals surface area contributed by atoms with E-state index in [1.807, 2.05) is 0 Å². The van der Waals surface area contributed by atoms with Gasteiger partial charge in [0.2, 0.25) is 0 Å². The van der Waals surface area contributed by atoms with Gasteiger partial charge in [0.15, 0.2) is 0 Å². The summed E-state index contributed by atoms with van der Waals surface area (Å²) in [7, 11) is 0. The van der Waals surface area contributed by atoms with Crippen LogP contribution in [0.1, 0.15) is 10.4 Å². The third kappa shape index (κ3) is 1.39. The van der Waals surface area contributed by atoms with Crippen LogP contribution in [-0.2, 0) is 6.18 Å². The number of aryl methyl sites for hydroxylation is 1. The Bertz CT molecular complexity index is 468. The smallest absolute Gasteiger partial charge is 0.166 e. The van der Waals surface area contributed by atoms with Crippen molar-refractivity contribution in [1.29, 1.82) is 0 Å². The third-order valence-corrected chi connectivity index (χ3v) is 2.89. The Kier molecular flexibility index (Phi) is 2.03. The Morgan fingerprint density at radius 2 is 2.00 bits per heavy atom. The molecular weight excluding hydrogens is 209 g/mol. The molecule has 0 fully saturated rings. The summed E-state index contributed by atoms with van der Waals surface area (Å²) in [4.78, 5) is 0.867. The molecule has 0 spiro atoms. The largest absolute Gasteiger partial charge is 0.417 e. The Hall–Kier alpha value is -1.03. The van der Waals surface area contributed by atoms with Crippen molar-refractivity contribution in [3.8, 4) is 0 Å². The molecule has 4 heteroatoms. The summed E-state index contributed by atoms with van der Waals surface area (Å²) in [5.74, 6) is 0. The molecule has 0 nitrogen and oxygen atoms in total. The lowest BCUT2D eigenvalue weighted by Crippen LogP contribution is -2.04. The predicted molar refractivity (Wildman–Crippen MR) is 50.4 cm³/mol. The molecule has 0 amide bonds. The van der Waals surface area contributed by atoms with Crippen LogP contribution >= 0.6 is 11.3 Å². The number of thiophene rings is 1. The van der Waals surface area contributed by atoms with Crippen molar-refractivity contribution in [3.63, 3.8) is 0 Å². The monoisotopic (exact) mass is 215 g/mol. The van der Waals surface area contributed by atoms with E-state index in [0.29, 0.717) is 5.39 Å². The molecule has 0 saturated heterocycles. The summed E-state index contributed by atoms with van der Waals surface area (Å²) in [5, 5.41) is 3.51. The fraction of sp³-hybridized carbons (Fsp3) is 0.200. The molecule has 0 atom stereocenters. The molecule has 0 aliphatic rings. The lowest BCUT2D eigenvalue weighted by atomic mass is 10.1. The quantitative estimate of drug-likeness (QED) is 0.622. The highest BCUT2D eigenvalue weighted by molar-refractivity contribution is 7.11. The van der Waals surface area contributed by atoms with Crippen LogP contribution in [0.2, 0.25) is 0 Å². The highest BCUT2D eigenvalue weighted by Crippen LogP contribution is 2.37. The molecule has 1 radical (unpaired) electrons. The van der Waals surface area contributed by atoms with Crippen LogP contribution in [0.3, 0.4) is 0 Å². The molecule has 0 bridgehead atoms. The van der Waals surface area contributed by atoms with Gasteiger partial charge in [-0.2, -0.15) is 13.2 Å². The average molecular weight is 215 g/mol. The highest BCUT2D eigenvalue weighted by Gasteiger charge is 2.32. The summed E-state index contributed by atoms with van der Waals surface area (Å²) in [6.07, 6.45) is -4.29. The van der Waals surface area contributed by atoms with Crippen LogP contribution in [0, 0.1) is 12.3 Å². The first-order chi connectivity index (χ1) is 6.50. The molecule has 2 aromatic rings. The fourth-order valence-corrected chi connectivity index (χ4v) is 2.13. The van der Waals surface area contributed by atoms with Crippen molar-refractivity contribution in [2.24, 2.45) is 0 Å². The van der Waals surface area contributed by atoms with Crippen LogP contribution in [0.25, 0.3) is 10.8 Å². The van der Waals surface area contributed by atoms with Crippen LogP contribution in [-0.4, -0.2) is 0 Å². The number of alkyl halides is 3. The Morgan fingerprint density at radius 3 is 2.64 bits per heavy atom. The van der Waals surface area contributed by atoms with E-state index in [1.165, 1.54) is 17.4 Å². The van der Waals surface area contributed by atoms with Crippen molar-refractivity contribution in [2.75, 3.05) is 0 Å². The standard InChI is InChI=1S/C10H6F3S/c1-6-7-3-2-4-9(10(11,12)13)8(7)5-14-6/h2-4H,1H3. The average Bonchev–Trinajstić information content (AvgIpc) is 2.46. The molecule has 0 N–H and O–H groups in total. The maximum Gasteiger partial charge on any atom is 0.417 e. The van der Waals surface area contributed by atoms with E-state index in [0.717, 1.165) is 10.9 Å². The van der Waals surface area contributed by atoms with Gasteiger partial charge in [0.05, 0.1) is 10.9 Å². The van der Waals surface area contributed by atoms with Crippen LogP contribution in [0.5, 0.6) is 0 Å². The SMILES string of the molecule is Cc1s[c]c2c(C(F)(F)F)cccc12. The van der Waals surface area contributed by atoms with Crippen molar-refractivity contribution in [3.05, 3.63) is 34.0 Å². The van der Waals surface area contributed by atoms with E-state index in [4.69, 9.17) is 0 Å². The second-order valence-electron chi connectivity index (χ2n) is 2.99. The molecule has 73 valence electrons. The van der Waals surface area contributed by atoms with Crippen LogP contribution in [0.15, 0.2) is 18.2 Å². The molecular formula is C10H6F3S. The molecule has 2 rings (SSSR count). The lowest BCUT2D eigenvalue weighted by Gasteiger charge is -2.07. The van der Waals surface area contributed by atoms with Gasteiger partial charge in [-0.15, -0.1) is 11.3 Å². The maximum atomic E-state index is 12.5. The number of benzene rings is 1. The zero-order chi connectivity index (χ0) is 10.3. The Morgan fingerprint density at radius 1 is 1.29 bits per heavy atom. The number of hydrogen-bond acceptors (Lipinski definition) is 1. The van der Waals surface area contributed by atoms with E-state index in [9.17, 15) is 13.2 Å². The van der Waals surface area contributed by atoms with Gasteiger partial charge in [-0.3, -0.25) is 0 Å². The predicted octanol–water partition coefficient (Wildman–Crippen LogP) is 4.03. The molecule has 1 aromatic heterocycles. The van der Waals surface area contributed by atoms with Crippen molar-refractivity contribution >= 4 is 22.1 Å².